The molecule has 4 rings (SSSR count). The van der Waals surface area contributed by atoms with Gasteiger partial charge in [-0.25, -0.2) is 4.79 Å². The molecule has 0 saturated carbocycles. The molecule has 0 spiro atoms. The van der Waals surface area contributed by atoms with Crippen molar-refractivity contribution in [2.75, 3.05) is 19.4 Å². The van der Waals surface area contributed by atoms with Gasteiger partial charge >= 0.3 is 18.0 Å². The van der Waals surface area contributed by atoms with E-state index >= 15 is 0 Å². The SMILES string of the molecule is CCOC(=O)C(Cc1ccc2ccccc2c1)(CP(=O)(O)C(Cc1ccccc1)NC(=O)OCc1ccccc1)C(=O)OCC. The number of hydrogen-bond donors (Lipinski definition) is 2. The van der Waals surface area contributed by atoms with Crippen LogP contribution >= 0.6 is 7.37 Å². The maximum Gasteiger partial charge on any atom is 0.408 e. The highest BCUT2D eigenvalue weighted by molar-refractivity contribution is 7.58. The summed E-state index contributed by atoms with van der Waals surface area (Å²) in [7, 11) is -4.59. The monoisotopic (exact) mass is 631 g/mol. The van der Waals surface area contributed by atoms with E-state index in [4.69, 9.17) is 14.2 Å². The predicted molar refractivity (Wildman–Crippen MR) is 172 cm³/mol. The normalized spacial score (nSPS) is 13.3. The Morgan fingerprint density at radius 3 is 1.89 bits per heavy atom. The standard InChI is InChI=1S/C35H38NO8P/c1-3-42-32(37)35(33(38)43-4-2,23-28-19-20-29-17-11-12-18-30(29)21-28)25-45(40,41)31(22-26-13-7-5-8-14-26)36-34(39)44-24-27-15-9-6-10-16-27/h5-21,31H,3-4,22-25H2,1-2H3,(H,36,39)(H,40,41). The molecule has 0 radical (unpaired) electrons. The highest BCUT2D eigenvalue weighted by Crippen LogP contribution is 2.52. The van der Waals surface area contributed by atoms with Crippen molar-refractivity contribution in [1.82, 2.24) is 5.32 Å². The van der Waals surface area contributed by atoms with E-state index in [0.717, 1.165) is 16.3 Å². The summed E-state index contributed by atoms with van der Waals surface area (Å²) >= 11 is 0. The number of carbonyl (C=O) groups is 3. The number of esters is 2. The van der Waals surface area contributed by atoms with Crippen molar-refractivity contribution in [2.45, 2.75) is 39.1 Å². The van der Waals surface area contributed by atoms with Crippen LogP contribution in [0.3, 0.4) is 0 Å². The number of rotatable bonds is 14. The lowest BCUT2D eigenvalue weighted by Crippen LogP contribution is -2.49. The van der Waals surface area contributed by atoms with Crippen molar-refractivity contribution < 1.29 is 38.1 Å². The molecular weight excluding hydrogens is 593 g/mol. The first-order valence-corrected chi connectivity index (χ1v) is 16.7. The Kier molecular flexibility index (Phi) is 11.5. The topological polar surface area (TPSA) is 128 Å². The molecule has 0 aliphatic carbocycles. The fraction of sp³-hybridized carbons (Fsp3) is 0.286. The third-order valence-corrected chi connectivity index (χ3v) is 9.68. The van der Waals surface area contributed by atoms with E-state index in [-0.39, 0.29) is 32.7 Å². The van der Waals surface area contributed by atoms with Crippen LogP contribution in [-0.4, -0.2) is 48.1 Å². The number of amides is 1. The minimum atomic E-state index is -4.59. The molecular formula is C35H38NO8P. The number of hydrogen-bond acceptors (Lipinski definition) is 7. The van der Waals surface area contributed by atoms with Crippen LogP contribution in [0.2, 0.25) is 0 Å². The molecule has 0 fully saturated rings. The van der Waals surface area contributed by atoms with Gasteiger partial charge in [-0.2, -0.15) is 0 Å². The maximum atomic E-state index is 14.4. The van der Waals surface area contributed by atoms with E-state index in [1.165, 1.54) is 0 Å². The summed E-state index contributed by atoms with van der Waals surface area (Å²) in [5.41, 5.74) is -0.209. The van der Waals surface area contributed by atoms with Crippen molar-refractivity contribution in [3.05, 3.63) is 120 Å². The largest absolute Gasteiger partial charge is 0.465 e. The van der Waals surface area contributed by atoms with Gasteiger partial charge in [-0.05, 0) is 47.7 Å². The number of carbonyl (C=O) groups excluding carboxylic acids is 3. The Bertz CT molecular complexity index is 1630. The summed E-state index contributed by atoms with van der Waals surface area (Å²) in [5, 5.41) is 4.37. The molecule has 4 aromatic carbocycles. The Labute approximate surface area is 263 Å². The fourth-order valence-corrected chi connectivity index (χ4v) is 7.35. The summed E-state index contributed by atoms with van der Waals surface area (Å²) in [6, 6.07) is 30.9. The van der Waals surface area contributed by atoms with Gasteiger partial charge in [0, 0.05) is 6.42 Å². The van der Waals surface area contributed by atoms with Gasteiger partial charge in [-0.3, -0.25) is 14.2 Å². The number of benzene rings is 4. The van der Waals surface area contributed by atoms with Crippen LogP contribution in [0.25, 0.3) is 10.8 Å². The van der Waals surface area contributed by atoms with E-state index in [2.05, 4.69) is 5.32 Å². The summed E-state index contributed by atoms with van der Waals surface area (Å²) in [5.74, 6) is -3.35. The van der Waals surface area contributed by atoms with Gasteiger partial charge < -0.3 is 24.4 Å². The van der Waals surface area contributed by atoms with Gasteiger partial charge in [0.1, 0.15) is 12.4 Å². The van der Waals surface area contributed by atoms with Crippen LogP contribution < -0.4 is 5.32 Å². The molecule has 236 valence electrons. The fourth-order valence-electron chi connectivity index (χ4n) is 5.18. The third kappa shape index (κ3) is 8.81. The molecule has 2 unspecified atom stereocenters. The van der Waals surface area contributed by atoms with Crippen LogP contribution in [-0.2, 0) is 47.8 Å². The molecule has 45 heavy (non-hydrogen) atoms. The van der Waals surface area contributed by atoms with Gasteiger partial charge in [-0.15, -0.1) is 0 Å². The van der Waals surface area contributed by atoms with Gasteiger partial charge in [0.25, 0.3) is 0 Å². The summed E-state index contributed by atoms with van der Waals surface area (Å²) < 4.78 is 30.5. The van der Waals surface area contributed by atoms with Crippen LogP contribution in [0.1, 0.15) is 30.5 Å². The van der Waals surface area contributed by atoms with Gasteiger partial charge in [0.05, 0.1) is 19.4 Å². The first-order valence-electron chi connectivity index (χ1n) is 14.8. The average Bonchev–Trinajstić information content (AvgIpc) is 3.04. The van der Waals surface area contributed by atoms with Crippen molar-refractivity contribution in [1.29, 1.82) is 0 Å². The third-order valence-electron chi connectivity index (χ3n) is 7.40. The average molecular weight is 632 g/mol. The number of ether oxygens (including phenoxy) is 3. The van der Waals surface area contributed by atoms with Crippen LogP contribution in [0, 0.1) is 5.41 Å². The van der Waals surface area contributed by atoms with Crippen molar-refractivity contribution in [3.8, 4) is 0 Å². The summed E-state index contributed by atoms with van der Waals surface area (Å²) in [6.07, 6.45) is -2.06. The molecule has 2 N–H and O–H groups in total. The number of alkyl carbamates (subject to hydrolysis) is 1. The van der Waals surface area contributed by atoms with Crippen LogP contribution in [0.5, 0.6) is 0 Å². The smallest absolute Gasteiger partial charge is 0.408 e. The zero-order valence-corrected chi connectivity index (χ0v) is 26.3. The summed E-state index contributed by atoms with van der Waals surface area (Å²) in [6.45, 7) is 2.99. The first kappa shape index (κ1) is 33.4. The Morgan fingerprint density at radius 1 is 0.733 bits per heavy atom. The Balaban J connectivity index is 1.71. The molecule has 2 atom stereocenters. The molecule has 10 heteroatoms. The zero-order valence-electron chi connectivity index (χ0n) is 25.4. The van der Waals surface area contributed by atoms with Crippen molar-refractivity contribution in [2.24, 2.45) is 5.41 Å². The Hall–Kier alpha value is -4.46. The van der Waals surface area contributed by atoms with Gasteiger partial charge in [0.15, 0.2) is 5.41 Å². The second-order valence-corrected chi connectivity index (χ2v) is 13.2. The molecule has 0 saturated heterocycles. The van der Waals surface area contributed by atoms with E-state index in [1.54, 1.807) is 74.5 Å². The second kappa shape index (κ2) is 15.5. The first-order chi connectivity index (χ1) is 21.7. The minimum absolute atomic E-state index is 0.0575. The maximum absolute atomic E-state index is 14.4. The van der Waals surface area contributed by atoms with Crippen LogP contribution in [0.4, 0.5) is 4.79 Å². The molecule has 9 nitrogen and oxygen atoms in total. The van der Waals surface area contributed by atoms with Gasteiger partial charge in [0.2, 0.25) is 7.37 Å². The minimum Gasteiger partial charge on any atom is -0.465 e. The van der Waals surface area contributed by atoms with E-state index in [9.17, 15) is 23.8 Å². The molecule has 0 aliphatic rings. The molecule has 0 bridgehead atoms. The van der Waals surface area contributed by atoms with Crippen LogP contribution in [0.15, 0.2) is 103 Å². The summed E-state index contributed by atoms with van der Waals surface area (Å²) in [4.78, 5) is 52.2. The Morgan fingerprint density at radius 2 is 1.29 bits per heavy atom. The molecule has 0 aromatic heterocycles. The molecule has 4 aromatic rings. The second-order valence-electron chi connectivity index (χ2n) is 10.7. The predicted octanol–water partition coefficient (Wildman–Crippen LogP) is 6.26. The molecule has 0 aliphatic heterocycles. The quantitative estimate of drug-likeness (QED) is 0.0723. The van der Waals surface area contributed by atoms with Crippen molar-refractivity contribution >= 4 is 36.2 Å². The van der Waals surface area contributed by atoms with E-state index < -0.39 is 42.8 Å². The highest BCUT2D eigenvalue weighted by atomic mass is 31.2. The van der Waals surface area contributed by atoms with E-state index in [1.807, 2.05) is 42.5 Å². The lowest BCUT2D eigenvalue weighted by Gasteiger charge is -2.33. The zero-order chi connectivity index (χ0) is 32.3. The number of nitrogens with one attached hydrogen (secondary N) is 1. The molecule has 0 heterocycles. The van der Waals surface area contributed by atoms with Gasteiger partial charge in [-0.1, -0.05) is 103 Å². The van der Waals surface area contributed by atoms with Crippen molar-refractivity contribution in [3.63, 3.8) is 0 Å². The lowest BCUT2D eigenvalue weighted by atomic mass is 9.82. The lowest BCUT2D eigenvalue weighted by molar-refractivity contribution is -0.170. The highest BCUT2D eigenvalue weighted by Gasteiger charge is 2.55. The number of fused-ring (bicyclic) bond motifs is 1. The molecule has 1 amide bonds. The van der Waals surface area contributed by atoms with E-state index in [0.29, 0.717) is 11.1 Å².